The van der Waals surface area contributed by atoms with Crippen LogP contribution in [0.15, 0.2) is 18.2 Å². The van der Waals surface area contributed by atoms with Crippen molar-refractivity contribution in [2.75, 3.05) is 26.3 Å². The lowest BCUT2D eigenvalue weighted by Crippen LogP contribution is -2.46. The lowest BCUT2D eigenvalue weighted by Gasteiger charge is -2.29. The third-order valence-electron chi connectivity index (χ3n) is 3.44. The molecule has 1 heterocycles. The highest BCUT2D eigenvalue weighted by Gasteiger charge is 2.24. The first-order chi connectivity index (χ1) is 9.99. The van der Waals surface area contributed by atoms with Crippen molar-refractivity contribution in [2.24, 2.45) is 5.73 Å². The Labute approximate surface area is 123 Å². The van der Waals surface area contributed by atoms with Gasteiger partial charge in [-0.15, -0.1) is 0 Å². The number of hydrogen-bond donors (Lipinski definition) is 1. The number of benzene rings is 1. The van der Waals surface area contributed by atoms with Crippen LogP contribution in [0.1, 0.15) is 25.5 Å². The van der Waals surface area contributed by atoms with Gasteiger partial charge in [0.15, 0.2) is 6.10 Å². The number of ether oxygens (including phenoxy) is 2. The van der Waals surface area contributed by atoms with Crippen LogP contribution in [0.3, 0.4) is 0 Å². The molecule has 0 spiro atoms. The smallest absolute Gasteiger partial charge is 0.263 e. The minimum atomic E-state index is -0.647. The van der Waals surface area contributed by atoms with E-state index in [0.717, 1.165) is 0 Å². The molecule has 1 aliphatic rings. The van der Waals surface area contributed by atoms with Crippen LogP contribution in [0.25, 0.3) is 0 Å². The van der Waals surface area contributed by atoms with Crippen LogP contribution in [-0.4, -0.2) is 43.2 Å². The summed E-state index contributed by atoms with van der Waals surface area (Å²) in [7, 11) is 0. The van der Waals surface area contributed by atoms with Crippen molar-refractivity contribution in [1.82, 2.24) is 4.90 Å². The quantitative estimate of drug-likeness (QED) is 0.914. The Morgan fingerprint density at radius 1 is 1.38 bits per heavy atom. The molecular formula is C15H21FN2O3. The Kier molecular flexibility index (Phi) is 5.14. The van der Waals surface area contributed by atoms with E-state index < -0.39 is 6.10 Å². The third-order valence-corrected chi connectivity index (χ3v) is 3.44. The number of hydrogen-bond acceptors (Lipinski definition) is 4. The summed E-state index contributed by atoms with van der Waals surface area (Å²) in [4.78, 5) is 14.0. The molecule has 2 unspecified atom stereocenters. The second-order valence-corrected chi connectivity index (χ2v) is 5.17. The van der Waals surface area contributed by atoms with Gasteiger partial charge in [-0.25, -0.2) is 4.39 Å². The monoisotopic (exact) mass is 296 g/mol. The Balaban J connectivity index is 2.08. The normalized spacial score (nSPS) is 18.2. The fourth-order valence-electron chi connectivity index (χ4n) is 2.26. The van der Waals surface area contributed by atoms with Crippen molar-refractivity contribution in [3.63, 3.8) is 0 Å². The Bertz CT molecular complexity index is 502. The molecule has 2 rings (SSSR count). The van der Waals surface area contributed by atoms with E-state index in [0.29, 0.717) is 37.6 Å². The molecule has 116 valence electrons. The molecule has 1 aromatic rings. The van der Waals surface area contributed by atoms with Gasteiger partial charge in [0.05, 0.1) is 13.2 Å². The van der Waals surface area contributed by atoms with Crippen LogP contribution < -0.4 is 10.5 Å². The van der Waals surface area contributed by atoms with Crippen molar-refractivity contribution in [3.05, 3.63) is 29.6 Å². The van der Waals surface area contributed by atoms with E-state index in [9.17, 15) is 9.18 Å². The van der Waals surface area contributed by atoms with Crippen molar-refractivity contribution in [1.29, 1.82) is 0 Å². The van der Waals surface area contributed by atoms with Gasteiger partial charge in [-0.2, -0.15) is 0 Å². The number of halogens is 1. The van der Waals surface area contributed by atoms with Crippen LogP contribution in [0.5, 0.6) is 5.75 Å². The average Bonchev–Trinajstić information content (AvgIpc) is 2.49. The number of carbonyl (C=O) groups excluding carboxylic acids is 1. The average molecular weight is 296 g/mol. The van der Waals surface area contributed by atoms with Gasteiger partial charge >= 0.3 is 0 Å². The van der Waals surface area contributed by atoms with Crippen molar-refractivity contribution in [3.8, 4) is 5.75 Å². The standard InChI is InChI=1S/C15H21FN2O3/c1-10(17)13-9-12(16)3-4-14(13)21-11(2)15(19)18-5-7-20-8-6-18/h3-4,9-11H,5-8,17H2,1-2H3. The SMILES string of the molecule is CC(Oc1ccc(F)cc1C(C)N)C(=O)N1CCOCC1. The van der Waals surface area contributed by atoms with Crippen LogP contribution in [0.2, 0.25) is 0 Å². The van der Waals surface area contributed by atoms with Gasteiger partial charge < -0.3 is 20.1 Å². The number of morpholine rings is 1. The van der Waals surface area contributed by atoms with Crippen LogP contribution >= 0.6 is 0 Å². The largest absolute Gasteiger partial charge is 0.481 e. The van der Waals surface area contributed by atoms with Gasteiger partial charge in [0.2, 0.25) is 0 Å². The highest BCUT2D eigenvalue weighted by molar-refractivity contribution is 5.81. The summed E-state index contributed by atoms with van der Waals surface area (Å²) in [6.07, 6.45) is -0.647. The summed E-state index contributed by atoms with van der Waals surface area (Å²) >= 11 is 0. The molecule has 0 radical (unpaired) electrons. The second kappa shape index (κ2) is 6.87. The molecule has 5 nitrogen and oxygen atoms in total. The maximum Gasteiger partial charge on any atom is 0.263 e. The van der Waals surface area contributed by atoms with E-state index in [-0.39, 0.29) is 17.8 Å². The van der Waals surface area contributed by atoms with Gasteiger partial charge in [0, 0.05) is 24.7 Å². The fraction of sp³-hybridized carbons (Fsp3) is 0.533. The van der Waals surface area contributed by atoms with Crippen molar-refractivity contribution in [2.45, 2.75) is 26.0 Å². The molecule has 0 saturated carbocycles. The van der Waals surface area contributed by atoms with E-state index in [1.807, 2.05) is 0 Å². The molecule has 0 aliphatic carbocycles. The number of rotatable bonds is 4. The minimum Gasteiger partial charge on any atom is -0.481 e. The third kappa shape index (κ3) is 3.92. The highest BCUT2D eigenvalue weighted by atomic mass is 19.1. The predicted molar refractivity (Wildman–Crippen MR) is 76.5 cm³/mol. The number of nitrogens with two attached hydrogens (primary N) is 1. The zero-order chi connectivity index (χ0) is 15.4. The summed E-state index contributed by atoms with van der Waals surface area (Å²) in [6, 6.07) is 3.78. The Hall–Kier alpha value is -1.66. The first-order valence-electron chi connectivity index (χ1n) is 7.07. The molecule has 2 N–H and O–H groups in total. The van der Waals surface area contributed by atoms with Crippen molar-refractivity contribution >= 4 is 5.91 Å². The van der Waals surface area contributed by atoms with Crippen LogP contribution in [0, 0.1) is 5.82 Å². The first kappa shape index (κ1) is 15.7. The van der Waals surface area contributed by atoms with Gasteiger partial charge in [-0.05, 0) is 32.0 Å². The Morgan fingerprint density at radius 2 is 2.05 bits per heavy atom. The molecule has 1 amide bonds. The molecule has 1 fully saturated rings. The minimum absolute atomic E-state index is 0.0988. The molecule has 0 aromatic heterocycles. The molecule has 21 heavy (non-hydrogen) atoms. The van der Waals surface area contributed by atoms with Gasteiger partial charge in [0.1, 0.15) is 11.6 Å². The summed E-state index contributed by atoms with van der Waals surface area (Å²) < 4.78 is 24.2. The maximum absolute atomic E-state index is 13.3. The molecule has 2 atom stereocenters. The van der Waals surface area contributed by atoms with Gasteiger partial charge in [-0.3, -0.25) is 4.79 Å². The topological polar surface area (TPSA) is 64.8 Å². The summed E-state index contributed by atoms with van der Waals surface area (Å²) in [5.41, 5.74) is 6.37. The zero-order valence-corrected chi connectivity index (χ0v) is 12.3. The Morgan fingerprint density at radius 3 is 2.67 bits per heavy atom. The number of nitrogens with zero attached hydrogens (tertiary/aromatic N) is 1. The van der Waals surface area contributed by atoms with Crippen molar-refractivity contribution < 1.29 is 18.7 Å². The summed E-state index contributed by atoms with van der Waals surface area (Å²) in [5, 5.41) is 0. The molecule has 6 heteroatoms. The lowest BCUT2D eigenvalue weighted by atomic mass is 10.1. The molecule has 1 saturated heterocycles. The van der Waals surface area contributed by atoms with E-state index in [1.54, 1.807) is 18.7 Å². The second-order valence-electron chi connectivity index (χ2n) is 5.17. The first-order valence-corrected chi connectivity index (χ1v) is 7.07. The highest BCUT2D eigenvalue weighted by Crippen LogP contribution is 2.26. The molecule has 1 aliphatic heterocycles. The van der Waals surface area contributed by atoms with E-state index in [2.05, 4.69) is 0 Å². The lowest BCUT2D eigenvalue weighted by molar-refractivity contribution is -0.142. The molecule has 1 aromatic carbocycles. The van der Waals surface area contributed by atoms with Gasteiger partial charge in [0.25, 0.3) is 5.91 Å². The maximum atomic E-state index is 13.3. The van der Waals surface area contributed by atoms with E-state index in [4.69, 9.17) is 15.2 Å². The number of amides is 1. The number of carbonyl (C=O) groups is 1. The molecular weight excluding hydrogens is 275 g/mol. The van der Waals surface area contributed by atoms with E-state index in [1.165, 1.54) is 18.2 Å². The molecule has 0 bridgehead atoms. The van der Waals surface area contributed by atoms with Crippen LogP contribution in [0.4, 0.5) is 4.39 Å². The zero-order valence-electron chi connectivity index (χ0n) is 12.3. The summed E-state index contributed by atoms with van der Waals surface area (Å²) in [6.45, 7) is 5.65. The fourth-order valence-corrected chi connectivity index (χ4v) is 2.26. The van der Waals surface area contributed by atoms with Crippen LogP contribution in [-0.2, 0) is 9.53 Å². The predicted octanol–water partition coefficient (Wildman–Crippen LogP) is 1.47. The summed E-state index contributed by atoms with van der Waals surface area (Å²) in [5.74, 6) is -0.0273. The van der Waals surface area contributed by atoms with Gasteiger partial charge in [-0.1, -0.05) is 0 Å². The van der Waals surface area contributed by atoms with E-state index >= 15 is 0 Å².